The molecule has 0 saturated heterocycles. The topological polar surface area (TPSA) is 50.7 Å². The summed E-state index contributed by atoms with van der Waals surface area (Å²) in [6, 6.07) is 23.1. The molecule has 152 valence electrons. The lowest BCUT2D eigenvalue weighted by Gasteiger charge is -2.15. The van der Waals surface area contributed by atoms with Gasteiger partial charge < -0.3 is 19.9 Å². The molecule has 0 aliphatic carbocycles. The number of rotatable bonds is 10. The van der Waals surface area contributed by atoms with E-state index in [-0.39, 0.29) is 0 Å². The van der Waals surface area contributed by atoms with Crippen LogP contribution < -0.4 is 14.8 Å². The maximum Gasteiger partial charge on any atom is 0.161 e. The van der Waals surface area contributed by atoms with E-state index in [2.05, 4.69) is 5.32 Å². The van der Waals surface area contributed by atoms with Crippen molar-refractivity contribution >= 4 is 11.6 Å². The molecule has 0 aliphatic rings. The summed E-state index contributed by atoms with van der Waals surface area (Å²) >= 11 is 5.93. The van der Waals surface area contributed by atoms with Crippen molar-refractivity contribution in [3.63, 3.8) is 0 Å². The van der Waals surface area contributed by atoms with Gasteiger partial charge in [0.2, 0.25) is 0 Å². The zero-order valence-corrected chi connectivity index (χ0v) is 17.2. The van der Waals surface area contributed by atoms with Crippen LogP contribution in [0.5, 0.6) is 11.5 Å². The molecule has 1 atom stereocenters. The van der Waals surface area contributed by atoms with E-state index < -0.39 is 6.10 Å². The van der Waals surface area contributed by atoms with E-state index in [9.17, 15) is 5.11 Å². The van der Waals surface area contributed by atoms with Gasteiger partial charge in [0.15, 0.2) is 11.5 Å². The minimum Gasteiger partial charge on any atom is -0.490 e. The first kappa shape index (κ1) is 21.2. The van der Waals surface area contributed by atoms with Crippen LogP contribution >= 0.6 is 11.6 Å². The van der Waals surface area contributed by atoms with E-state index in [1.165, 1.54) is 0 Å². The first-order valence-corrected chi connectivity index (χ1v) is 10.1. The molecule has 0 fully saturated rings. The molecule has 2 N–H and O–H groups in total. The second kappa shape index (κ2) is 10.9. The molecule has 0 aliphatic heterocycles. The molecule has 3 rings (SSSR count). The van der Waals surface area contributed by atoms with Crippen molar-refractivity contribution in [1.82, 2.24) is 5.32 Å². The molecule has 1 unspecified atom stereocenters. The van der Waals surface area contributed by atoms with Crippen LogP contribution in [-0.4, -0.2) is 18.3 Å². The molecule has 0 bridgehead atoms. The van der Waals surface area contributed by atoms with E-state index in [0.717, 1.165) is 16.7 Å². The predicted molar refractivity (Wildman–Crippen MR) is 117 cm³/mol. The zero-order valence-electron chi connectivity index (χ0n) is 16.5. The number of nitrogens with one attached hydrogen (secondary N) is 1. The van der Waals surface area contributed by atoms with Crippen LogP contribution in [0.4, 0.5) is 0 Å². The Bertz CT molecular complexity index is 884. The third kappa shape index (κ3) is 6.50. The SMILES string of the molecule is CCOc1cc(CNCC(O)c2ccccc2)ccc1OCc1ccc(Cl)cc1. The highest BCUT2D eigenvalue weighted by Gasteiger charge is 2.09. The molecule has 0 aromatic heterocycles. The van der Waals surface area contributed by atoms with Gasteiger partial charge in [0, 0.05) is 18.1 Å². The molecule has 5 heteroatoms. The largest absolute Gasteiger partial charge is 0.490 e. The van der Waals surface area contributed by atoms with Crippen LogP contribution in [0.3, 0.4) is 0 Å². The van der Waals surface area contributed by atoms with Gasteiger partial charge in [-0.15, -0.1) is 0 Å². The number of aliphatic hydroxyl groups excluding tert-OH is 1. The standard InChI is InChI=1S/C24H26ClNO3/c1-2-28-24-14-19(15-26-16-22(27)20-6-4-3-5-7-20)10-13-23(24)29-17-18-8-11-21(25)12-9-18/h3-14,22,26-27H,2,15-17H2,1H3. The summed E-state index contributed by atoms with van der Waals surface area (Å²) in [5.74, 6) is 1.42. The molecule has 4 nitrogen and oxygen atoms in total. The van der Waals surface area contributed by atoms with Crippen LogP contribution in [0, 0.1) is 0 Å². The Morgan fingerprint density at radius 2 is 1.62 bits per heavy atom. The molecular weight excluding hydrogens is 386 g/mol. The molecule has 29 heavy (non-hydrogen) atoms. The van der Waals surface area contributed by atoms with Gasteiger partial charge in [-0.2, -0.15) is 0 Å². The number of aliphatic hydroxyl groups is 1. The van der Waals surface area contributed by atoms with Crippen LogP contribution in [-0.2, 0) is 13.2 Å². The van der Waals surface area contributed by atoms with E-state index in [0.29, 0.717) is 42.8 Å². The summed E-state index contributed by atoms with van der Waals surface area (Å²) in [6.45, 7) is 4.05. The molecule has 0 spiro atoms. The van der Waals surface area contributed by atoms with Gasteiger partial charge in [-0.1, -0.05) is 60.1 Å². The van der Waals surface area contributed by atoms with Gasteiger partial charge >= 0.3 is 0 Å². The number of hydrogen-bond acceptors (Lipinski definition) is 4. The van der Waals surface area contributed by atoms with E-state index in [4.69, 9.17) is 21.1 Å². The summed E-state index contributed by atoms with van der Waals surface area (Å²) in [6.07, 6.45) is -0.537. The molecule has 0 heterocycles. The number of ether oxygens (including phenoxy) is 2. The maximum atomic E-state index is 10.3. The average molecular weight is 412 g/mol. The highest BCUT2D eigenvalue weighted by Crippen LogP contribution is 2.29. The first-order chi connectivity index (χ1) is 14.2. The molecule has 0 radical (unpaired) electrons. The van der Waals surface area contributed by atoms with Crippen molar-refractivity contribution in [3.05, 3.63) is 94.5 Å². The third-order valence-corrected chi connectivity index (χ3v) is 4.72. The minimum absolute atomic E-state index is 0.443. The minimum atomic E-state index is -0.537. The smallest absolute Gasteiger partial charge is 0.161 e. The molecule has 0 saturated carbocycles. The monoisotopic (exact) mass is 411 g/mol. The van der Waals surface area contributed by atoms with Gasteiger partial charge in [0.1, 0.15) is 6.61 Å². The number of hydrogen-bond donors (Lipinski definition) is 2. The van der Waals surface area contributed by atoms with Crippen LogP contribution in [0.15, 0.2) is 72.8 Å². The second-order valence-electron chi connectivity index (χ2n) is 6.69. The van der Waals surface area contributed by atoms with Gasteiger partial charge in [0.05, 0.1) is 12.7 Å². The summed E-state index contributed by atoms with van der Waals surface area (Å²) < 4.78 is 11.7. The first-order valence-electron chi connectivity index (χ1n) is 9.72. The quantitative estimate of drug-likeness (QED) is 0.485. The molecule has 3 aromatic carbocycles. The zero-order chi connectivity index (χ0) is 20.5. The third-order valence-electron chi connectivity index (χ3n) is 4.47. The van der Waals surface area contributed by atoms with Crippen LogP contribution in [0.1, 0.15) is 29.7 Å². The van der Waals surface area contributed by atoms with E-state index >= 15 is 0 Å². The highest BCUT2D eigenvalue weighted by atomic mass is 35.5. The van der Waals surface area contributed by atoms with Crippen molar-refractivity contribution in [2.24, 2.45) is 0 Å². The lowest BCUT2D eigenvalue weighted by atomic mass is 10.1. The van der Waals surface area contributed by atoms with Gasteiger partial charge in [-0.3, -0.25) is 0 Å². The maximum absolute atomic E-state index is 10.3. The van der Waals surface area contributed by atoms with Gasteiger partial charge in [-0.25, -0.2) is 0 Å². The van der Waals surface area contributed by atoms with Crippen molar-refractivity contribution in [1.29, 1.82) is 0 Å². The number of halogens is 1. The lowest BCUT2D eigenvalue weighted by molar-refractivity contribution is 0.174. The Balaban J connectivity index is 1.57. The Kier molecular flexibility index (Phi) is 7.94. The Morgan fingerprint density at radius 1 is 0.897 bits per heavy atom. The summed E-state index contributed by atoms with van der Waals surface area (Å²) in [5.41, 5.74) is 3.01. The predicted octanol–water partition coefficient (Wildman–Crippen LogP) is 5.14. The van der Waals surface area contributed by atoms with E-state index in [1.807, 2.05) is 79.7 Å². The molecule has 0 amide bonds. The van der Waals surface area contributed by atoms with Crippen molar-refractivity contribution in [2.45, 2.75) is 26.2 Å². The second-order valence-corrected chi connectivity index (χ2v) is 7.12. The van der Waals surface area contributed by atoms with Gasteiger partial charge in [-0.05, 0) is 47.9 Å². The fraction of sp³-hybridized carbons (Fsp3) is 0.250. The fourth-order valence-electron chi connectivity index (χ4n) is 2.94. The van der Waals surface area contributed by atoms with Crippen LogP contribution in [0.2, 0.25) is 5.02 Å². The fourth-order valence-corrected chi connectivity index (χ4v) is 3.06. The average Bonchev–Trinajstić information content (AvgIpc) is 2.75. The Labute approximate surface area is 177 Å². The van der Waals surface area contributed by atoms with Crippen LogP contribution in [0.25, 0.3) is 0 Å². The van der Waals surface area contributed by atoms with Gasteiger partial charge in [0.25, 0.3) is 0 Å². The summed E-state index contributed by atoms with van der Waals surface area (Å²) in [5, 5.41) is 14.3. The molecular formula is C24H26ClNO3. The highest BCUT2D eigenvalue weighted by molar-refractivity contribution is 6.30. The Morgan fingerprint density at radius 3 is 2.34 bits per heavy atom. The Hall–Kier alpha value is -2.53. The summed E-state index contributed by atoms with van der Waals surface area (Å²) in [4.78, 5) is 0. The normalized spacial score (nSPS) is 11.8. The van der Waals surface area contributed by atoms with E-state index in [1.54, 1.807) is 0 Å². The lowest BCUT2D eigenvalue weighted by Crippen LogP contribution is -2.21. The van der Waals surface area contributed by atoms with Crippen molar-refractivity contribution in [2.75, 3.05) is 13.2 Å². The molecule has 3 aromatic rings. The number of benzene rings is 3. The van der Waals surface area contributed by atoms with Crippen molar-refractivity contribution < 1.29 is 14.6 Å². The van der Waals surface area contributed by atoms with Crippen molar-refractivity contribution in [3.8, 4) is 11.5 Å². The summed E-state index contributed by atoms with van der Waals surface area (Å²) in [7, 11) is 0.